The van der Waals surface area contributed by atoms with Crippen LogP contribution in [0.3, 0.4) is 0 Å². The normalized spacial score (nSPS) is 17.1. The van der Waals surface area contributed by atoms with Gasteiger partial charge in [-0.05, 0) is 25.3 Å². The van der Waals surface area contributed by atoms with E-state index in [0.717, 1.165) is 37.4 Å². The number of nitrogens with zero attached hydrogens (tertiary/aromatic N) is 5. The summed E-state index contributed by atoms with van der Waals surface area (Å²) in [4.78, 5) is 27.6. The van der Waals surface area contributed by atoms with E-state index in [1.807, 2.05) is 30.3 Å². The van der Waals surface area contributed by atoms with Crippen LogP contribution in [0.25, 0.3) is 0 Å². The SMILES string of the molecule is Cc1ncncc1C(=O)N1CCCC(c2nccn2Cc2ccccc2)C1. The molecule has 3 aromatic rings. The predicted octanol–water partition coefficient (Wildman–Crippen LogP) is 3.05. The number of piperidine rings is 1. The van der Waals surface area contributed by atoms with Gasteiger partial charge >= 0.3 is 0 Å². The summed E-state index contributed by atoms with van der Waals surface area (Å²) in [6.45, 7) is 4.09. The van der Waals surface area contributed by atoms with E-state index < -0.39 is 0 Å². The molecule has 0 spiro atoms. The molecule has 1 aromatic carbocycles. The standard InChI is InChI=1S/C21H23N5O/c1-16-19(12-22-15-24-16)21(27)26-10-5-8-18(14-26)20-23-9-11-25(20)13-17-6-3-2-4-7-17/h2-4,6-7,9,11-12,15,18H,5,8,10,13-14H2,1H3. The molecule has 1 aliphatic rings. The van der Waals surface area contributed by atoms with Crippen molar-refractivity contribution in [3.63, 3.8) is 0 Å². The summed E-state index contributed by atoms with van der Waals surface area (Å²) in [5.74, 6) is 1.31. The fraction of sp³-hybridized carbons (Fsp3) is 0.333. The van der Waals surface area contributed by atoms with Gasteiger partial charge < -0.3 is 9.47 Å². The van der Waals surface area contributed by atoms with Crippen LogP contribution in [-0.2, 0) is 6.54 Å². The Morgan fingerprint density at radius 1 is 1.22 bits per heavy atom. The minimum absolute atomic E-state index is 0.0129. The van der Waals surface area contributed by atoms with Crippen molar-refractivity contribution < 1.29 is 4.79 Å². The maximum Gasteiger partial charge on any atom is 0.257 e. The molecule has 138 valence electrons. The highest BCUT2D eigenvalue weighted by molar-refractivity contribution is 5.95. The Morgan fingerprint density at radius 2 is 2.07 bits per heavy atom. The van der Waals surface area contributed by atoms with Gasteiger partial charge in [0, 0.05) is 44.1 Å². The molecule has 2 aromatic heterocycles. The van der Waals surface area contributed by atoms with Crippen molar-refractivity contribution in [2.45, 2.75) is 32.2 Å². The highest BCUT2D eigenvalue weighted by atomic mass is 16.2. The number of aromatic nitrogens is 4. The summed E-state index contributed by atoms with van der Waals surface area (Å²) in [5, 5.41) is 0. The smallest absolute Gasteiger partial charge is 0.257 e. The topological polar surface area (TPSA) is 63.9 Å². The highest BCUT2D eigenvalue weighted by Crippen LogP contribution is 2.27. The number of rotatable bonds is 4. The van der Waals surface area contributed by atoms with Crippen LogP contribution in [0.1, 0.15) is 46.2 Å². The van der Waals surface area contributed by atoms with Crippen molar-refractivity contribution in [2.75, 3.05) is 13.1 Å². The number of imidazole rings is 1. The lowest BCUT2D eigenvalue weighted by Gasteiger charge is -2.33. The van der Waals surface area contributed by atoms with Crippen LogP contribution in [0.15, 0.2) is 55.2 Å². The Balaban J connectivity index is 1.52. The van der Waals surface area contributed by atoms with Gasteiger partial charge in [0.25, 0.3) is 5.91 Å². The lowest BCUT2D eigenvalue weighted by atomic mass is 9.96. The molecule has 1 unspecified atom stereocenters. The van der Waals surface area contributed by atoms with Crippen LogP contribution in [0.4, 0.5) is 0 Å². The Hall–Kier alpha value is -3.02. The summed E-state index contributed by atoms with van der Waals surface area (Å²) in [5.41, 5.74) is 2.56. The van der Waals surface area contributed by atoms with Crippen LogP contribution in [-0.4, -0.2) is 43.4 Å². The molecule has 6 nitrogen and oxygen atoms in total. The monoisotopic (exact) mass is 361 g/mol. The lowest BCUT2D eigenvalue weighted by Crippen LogP contribution is -2.40. The van der Waals surface area contributed by atoms with Gasteiger partial charge in [-0.25, -0.2) is 15.0 Å². The Bertz CT molecular complexity index is 921. The number of hydrogen-bond donors (Lipinski definition) is 0. The van der Waals surface area contributed by atoms with E-state index in [4.69, 9.17) is 0 Å². The van der Waals surface area contributed by atoms with Crippen LogP contribution in [0, 0.1) is 6.92 Å². The van der Waals surface area contributed by atoms with E-state index in [1.54, 1.807) is 6.20 Å². The Morgan fingerprint density at radius 3 is 2.89 bits per heavy atom. The van der Waals surface area contributed by atoms with Crippen molar-refractivity contribution in [1.29, 1.82) is 0 Å². The molecular weight excluding hydrogens is 338 g/mol. The summed E-state index contributed by atoms with van der Waals surface area (Å²) in [7, 11) is 0. The molecule has 1 atom stereocenters. The van der Waals surface area contributed by atoms with Crippen LogP contribution in [0.5, 0.6) is 0 Å². The highest BCUT2D eigenvalue weighted by Gasteiger charge is 2.28. The largest absolute Gasteiger partial charge is 0.338 e. The molecule has 0 bridgehead atoms. The Kier molecular flexibility index (Phi) is 4.96. The lowest BCUT2D eigenvalue weighted by molar-refractivity contribution is 0.0701. The first-order valence-electron chi connectivity index (χ1n) is 9.33. The van der Waals surface area contributed by atoms with Gasteiger partial charge in [-0.2, -0.15) is 0 Å². The molecule has 4 rings (SSSR count). The molecule has 1 amide bonds. The second kappa shape index (κ2) is 7.70. The number of likely N-dealkylation sites (tertiary alicyclic amines) is 1. The number of carbonyl (C=O) groups is 1. The zero-order valence-electron chi connectivity index (χ0n) is 15.5. The van der Waals surface area contributed by atoms with Crippen LogP contribution >= 0.6 is 0 Å². The Labute approximate surface area is 158 Å². The second-order valence-corrected chi connectivity index (χ2v) is 7.01. The fourth-order valence-electron chi connectivity index (χ4n) is 3.74. The van der Waals surface area contributed by atoms with Crippen molar-refractivity contribution >= 4 is 5.91 Å². The average Bonchev–Trinajstić information content (AvgIpc) is 3.17. The molecule has 1 aliphatic heterocycles. The second-order valence-electron chi connectivity index (χ2n) is 7.01. The summed E-state index contributed by atoms with van der Waals surface area (Å²) in [6.07, 6.45) is 8.99. The molecule has 3 heterocycles. The van der Waals surface area contributed by atoms with Gasteiger partial charge in [0.15, 0.2) is 0 Å². The first-order chi connectivity index (χ1) is 13.2. The minimum atomic E-state index is 0.0129. The van der Waals surface area contributed by atoms with Gasteiger partial charge in [-0.1, -0.05) is 30.3 Å². The first kappa shape index (κ1) is 17.4. The number of amides is 1. The number of carbonyl (C=O) groups excluding carboxylic acids is 1. The molecule has 27 heavy (non-hydrogen) atoms. The number of aryl methyl sites for hydroxylation is 1. The van der Waals surface area contributed by atoms with Gasteiger partial charge in [0.2, 0.25) is 0 Å². The molecule has 6 heteroatoms. The van der Waals surface area contributed by atoms with Gasteiger partial charge in [0.1, 0.15) is 12.2 Å². The van der Waals surface area contributed by atoms with Gasteiger partial charge in [-0.15, -0.1) is 0 Å². The van der Waals surface area contributed by atoms with E-state index >= 15 is 0 Å². The minimum Gasteiger partial charge on any atom is -0.338 e. The van der Waals surface area contributed by atoms with E-state index in [2.05, 4.69) is 43.8 Å². The summed E-state index contributed by atoms with van der Waals surface area (Å²) in [6, 6.07) is 10.4. The predicted molar refractivity (Wildman–Crippen MR) is 102 cm³/mol. The van der Waals surface area contributed by atoms with E-state index in [-0.39, 0.29) is 11.8 Å². The molecule has 0 N–H and O–H groups in total. The van der Waals surface area contributed by atoms with Crippen LogP contribution in [0.2, 0.25) is 0 Å². The zero-order valence-corrected chi connectivity index (χ0v) is 15.5. The maximum atomic E-state index is 12.9. The molecule has 0 aliphatic carbocycles. The van der Waals surface area contributed by atoms with E-state index in [1.165, 1.54) is 11.9 Å². The average molecular weight is 361 g/mol. The molecule has 1 saturated heterocycles. The van der Waals surface area contributed by atoms with Crippen molar-refractivity contribution in [2.24, 2.45) is 0 Å². The quantitative estimate of drug-likeness (QED) is 0.716. The van der Waals surface area contributed by atoms with Gasteiger partial charge in [-0.3, -0.25) is 4.79 Å². The zero-order chi connectivity index (χ0) is 18.6. The number of hydrogen-bond acceptors (Lipinski definition) is 4. The third-order valence-electron chi connectivity index (χ3n) is 5.16. The number of benzene rings is 1. The van der Waals surface area contributed by atoms with Crippen molar-refractivity contribution in [3.8, 4) is 0 Å². The van der Waals surface area contributed by atoms with Crippen LogP contribution < -0.4 is 0 Å². The third-order valence-corrected chi connectivity index (χ3v) is 5.16. The van der Waals surface area contributed by atoms with Crippen molar-refractivity contribution in [3.05, 3.63) is 77.9 Å². The van der Waals surface area contributed by atoms with E-state index in [0.29, 0.717) is 12.1 Å². The molecule has 1 fully saturated rings. The van der Waals surface area contributed by atoms with Gasteiger partial charge in [0.05, 0.1) is 11.3 Å². The van der Waals surface area contributed by atoms with E-state index in [9.17, 15) is 4.79 Å². The molecule has 0 radical (unpaired) electrons. The summed E-state index contributed by atoms with van der Waals surface area (Å²) >= 11 is 0. The molecular formula is C21H23N5O. The third kappa shape index (κ3) is 3.74. The summed E-state index contributed by atoms with van der Waals surface area (Å²) < 4.78 is 2.20. The first-order valence-corrected chi connectivity index (χ1v) is 9.33. The molecule has 0 saturated carbocycles. The fourth-order valence-corrected chi connectivity index (χ4v) is 3.74. The maximum absolute atomic E-state index is 12.9. The van der Waals surface area contributed by atoms with Crippen molar-refractivity contribution in [1.82, 2.24) is 24.4 Å².